The molecule has 0 bridgehead atoms. The molecule has 5 heteroatoms. The van der Waals surface area contributed by atoms with Crippen LogP contribution in [0, 0.1) is 11.6 Å². The molecular weight excluding hydrogens is 264 g/mol. The maximum Gasteiger partial charge on any atom is 0.228 e. The van der Waals surface area contributed by atoms with Crippen molar-refractivity contribution in [1.82, 2.24) is 0 Å². The Labute approximate surface area is 114 Å². The molecular formula is C15H11F2NO2. The number of hydrogen-bond donors (Lipinski definition) is 1. The summed E-state index contributed by atoms with van der Waals surface area (Å²) in [6.07, 6.45) is 0.451. The van der Waals surface area contributed by atoms with Crippen LogP contribution in [0.25, 0.3) is 0 Å². The molecule has 0 aliphatic rings. The molecule has 0 radical (unpaired) electrons. The maximum atomic E-state index is 13.4. The summed E-state index contributed by atoms with van der Waals surface area (Å²) in [5, 5.41) is 2.55. The van der Waals surface area contributed by atoms with Gasteiger partial charge >= 0.3 is 0 Å². The zero-order valence-corrected chi connectivity index (χ0v) is 10.4. The largest absolute Gasteiger partial charge is 0.326 e. The molecule has 2 aromatic rings. The number of aldehydes is 1. The van der Waals surface area contributed by atoms with Crippen LogP contribution in [0.1, 0.15) is 15.9 Å². The van der Waals surface area contributed by atoms with Crippen molar-refractivity contribution in [2.45, 2.75) is 6.42 Å². The summed E-state index contributed by atoms with van der Waals surface area (Å²) < 4.78 is 26.1. The van der Waals surface area contributed by atoms with Crippen LogP contribution in [-0.4, -0.2) is 12.2 Å². The van der Waals surface area contributed by atoms with Gasteiger partial charge in [0.15, 0.2) is 0 Å². The Kier molecular flexibility index (Phi) is 4.20. The molecule has 20 heavy (non-hydrogen) atoms. The Morgan fingerprint density at radius 2 is 1.95 bits per heavy atom. The second-order valence-electron chi connectivity index (χ2n) is 4.20. The lowest BCUT2D eigenvalue weighted by atomic mass is 10.1. The van der Waals surface area contributed by atoms with Gasteiger partial charge in [-0.05, 0) is 23.8 Å². The number of carbonyl (C=O) groups is 2. The lowest BCUT2D eigenvalue weighted by Crippen LogP contribution is -2.15. The molecule has 0 heterocycles. The highest BCUT2D eigenvalue weighted by molar-refractivity contribution is 5.93. The predicted octanol–water partition coefficient (Wildman–Crippen LogP) is 2.96. The van der Waals surface area contributed by atoms with E-state index in [1.54, 1.807) is 18.2 Å². The molecule has 0 saturated heterocycles. The lowest BCUT2D eigenvalue weighted by Gasteiger charge is -2.06. The van der Waals surface area contributed by atoms with Gasteiger partial charge in [0.2, 0.25) is 5.91 Å². The second kappa shape index (κ2) is 6.06. The van der Waals surface area contributed by atoms with E-state index in [1.165, 1.54) is 12.1 Å². The Morgan fingerprint density at radius 3 is 2.65 bits per heavy atom. The molecule has 2 rings (SSSR count). The second-order valence-corrected chi connectivity index (χ2v) is 4.20. The third kappa shape index (κ3) is 3.47. The van der Waals surface area contributed by atoms with Crippen LogP contribution < -0.4 is 5.32 Å². The normalized spacial score (nSPS) is 10.1. The summed E-state index contributed by atoms with van der Waals surface area (Å²) in [7, 11) is 0. The molecule has 0 unspecified atom stereocenters. The van der Waals surface area contributed by atoms with Gasteiger partial charge in [-0.1, -0.05) is 18.2 Å². The molecule has 0 atom stereocenters. The van der Waals surface area contributed by atoms with Gasteiger partial charge in [-0.2, -0.15) is 0 Å². The Hall–Kier alpha value is -2.56. The van der Waals surface area contributed by atoms with Gasteiger partial charge < -0.3 is 5.32 Å². The van der Waals surface area contributed by atoms with Crippen molar-refractivity contribution in [3.63, 3.8) is 0 Å². The van der Waals surface area contributed by atoms with Gasteiger partial charge in [-0.25, -0.2) is 8.78 Å². The smallest absolute Gasteiger partial charge is 0.228 e. The summed E-state index contributed by atoms with van der Waals surface area (Å²) >= 11 is 0. The monoisotopic (exact) mass is 275 g/mol. The topological polar surface area (TPSA) is 46.2 Å². The zero-order chi connectivity index (χ0) is 14.5. The minimum absolute atomic E-state index is 0.107. The molecule has 0 aliphatic heterocycles. The molecule has 102 valence electrons. The van der Waals surface area contributed by atoms with E-state index < -0.39 is 17.5 Å². The minimum Gasteiger partial charge on any atom is -0.326 e. The first-order chi connectivity index (χ1) is 9.58. The van der Waals surface area contributed by atoms with E-state index in [2.05, 4.69) is 5.32 Å². The number of amides is 1. The van der Waals surface area contributed by atoms with Crippen LogP contribution in [0.5, 0.6) is 0 Å². The first kappa shape index (κ1) is 13.9. The third-order valence-electron chi connectivity index (χ3n) is 2.67. The third-order valence-corrected chi connectivity index (χ3v) is 2.67. The van der Waals surface area contributed by atoms with Gasteiger partial charge in [0.1, 0.15) is 17.9 Å². The zero-order valence-electron chi connectivity index (χ0n) is 10.4. The average Bonchev–Trinajstić information content (AvgIpc) is 2.42. The standard InChI is InChI=1S/C15H11F2NO2/c16-12-5-4-11(14(17)8-12)7-15(20)18-13-3-1-2-10(6-13)9-19/h1-6,8-9H,7H2,(H,18,20). The lowest BCUT2D eigenvalue weighted by molar-refractivity contribution is -0.115. The van der Waals surface area contributed by atoms with E-state index in [1.807, 2.05) is 0 Å². The molecule has 0 aliphatic carbocycles. The molecule has 0 spiro atoms. The van der Waals surface area contributed by atoms with Crippen molar-refractivity contribution >= 4 is 17.9 Å². The van der Waals surface area contributed by atoms with Gasteiger partial charge in [0.05, 0.1) is 6.42 Å². The van der Waals surface area contributed by atoms with Crippen molar-refractivity contribution in [2.75, 3.05) is 5.32 Å². The highest BCUT2D eigenvalue weighted by Crippen LogP contribution is 2.13. The number of carbonyl (C=O) groups excluding carboxylic acids is 2. The fourth-order valence-corrected chi connectivity index (χ4v) is 1.73. The first-order valence-electron chi connectivity index (χ1n) is 5.87. The number of anilines is 1. The average molecular weight is 275 g/mol. The molecule has 2 aromatic carbocycles. The molecule has 1 N–H and O–H groups in total. The first-order valence-corrected chi connectivity index (χ1v) is 5.87. The highest BCUT2D eigenvalue weighted by Gasteiger charge is 2.09. The van der Waals surface area contributed by atoms with E-state index in [0.717, 1.165) is 12.1 Å². The van der Waals surface area contributed by atoms with Crippen molar-refractivity contribution in [3.05, 3.63) is 65.2 Å². The van der Waals surface area contributed by atoms with E-state index in [4.69, 9.17) is 0 Å². The number of benzene rings is 2. The van der Waals surface area contributed by atoms with E-state index in [0.29, 0.717) is 17.5 Å². The van der Waals surface area contributed by atoms with Crippen LogP contribution in [0.3, 0.4) is 0 Å². The number of nitrogens with one attached hydrogen (secondary N) is 1. The van der Waals surface area contributed by atoms with Crippen molar-refractivity contribution in [2.24, 2.45) is 0 Å². The Bertz CT molecular complexity index is 656. The van der Waals surface area contributed by atoms with E-state index >= 15 is 0 Å². The summed E-state index contributed by atoms with van der Waals surface area (Å²) in [6, 6.07) is 9.40. The van der Waals surface area contributed by atoms with Gasteiger partial charge in [0.25, 0.3) is 0 Å². The van der Waals surface area contributed by atoms with E-state index in [9.17, 15) is 18.4 Å². The molecule has 3 nitrogen and oxygen atoms in total. The number of halogens is 2. The quantitative estimate of drug-likeness (QED) is 0.872. The van der Waals surface area contributed by atoms with Crippen molar-refractivity contribution in [1.29, 1.82) is 0 Å². The Balaban J connectivity index is 2.06. The highest BCUT2D eigenvalue weighted by atomic mass is 19.1. The van der Waals surface area contributed by atoms with Gasteiger partial charge in [0, 0.05) is 17.3 Å². The summed E-state index contributed by atoms with van der Waals surface area (Å²) in [4.78, 5) is 22.4. The van der Waals surface area contributed by atoms with Crippen LogP contribution >= 0.6 is 0 Å². The van der Waals surface area contributed by atoms with Gasteiger partial charge in [-0.15, -0.1) is 0 Å². The summed E-state index contributed by atoms with van der Waals surface area (Å²) in [5.74, 6) is -1.90. The van der Waals surface area contributed by atoms with E-state index in [-0.39, 0.29) is 12.0 Å². The summed E-state index contributed by atoms with van der Waals surface area (Å²) in [5.41, 5.74) is 0.980. The maximum absolute atomic E-state index is 13.4. The van der Waals surface area contributed by atoms with Crippen molar-refractivity contribution < 1.29 is 18.4 Å². The number of hydrogen-bond acceptors (Lipinski definition) is 2. The fourth-order valence-electron chi connectivity index (χ4n) is 1.73. The van der Waals surface area contributed by atoms with Gasteiger partial charge in [-0.3, -0.25) is 9.59 Å². The molecule has 0 fully saturated rings. The van der Waals surface area contributed by atoms with Crippen LogP contribution in [0.2, 0.25) is 0 Å². The molecule has 1 amide bonds. The van der Waals surface area contributed by atoms with Crippen LogP contribution in [0.15, 0.2) is 42.5 Å². The Morgan fingerprint density at radius 1 is 1.15 bits per heavy atom. The fraction of sp³-hybridized carbons (Fsp3) is 0.0667. The number of rotatable bonds is 4. The van der Waals surface area contributed by atoms with Crippen LogP contribution in [0.4, 0.5) is 14.5 Å². The SMILES string of the molecule is O=Cc1cccc(NC(=O)Cc2ccc(F)cc2F)c1. The predicted molar refractivity (Wildman–Crippen MR) is 70.5 cm³/mol. The van der Waals surface area contributed by atoms with Crippen molar-refractivity contribution in [3.8, 4) is 0 Å². The molecule has 0 aromatic heterocycles. The van der Waals surface area contributed by atoms with Crippen LogP contribution in [-0.2, 0) is 11.2 Å². The molecule has 0 saturated carbocycles. The summed E-state index contributed by atoms with van der Waals surface area (Å²) in [6.45, 7) is 0. The minimum atomic E-state index is -0.762.